The molecular formula is C15H22BrCl2NO. The van der Waals surface area contributed by atoms with Gasteiger partial charge in [-0.15, -0.1) is 17.0 Å². The fourth-order valence-electron chi connectivity index (χ4n) is 2.83. The molecule has 1 fully saturated rings. The molecule has 1 saturated heterocycles. The molecular weight excluding hydrogens is 361 g/mol. The Hall–Kier alpha value is 0.200. The Morgan fingerprint density at radius 1 is 1.30 bits per heavy atom. The normalized spacial score (nSPS) is 23.4. The van der Waals surface area contributed by atoms with Crippen LogP contribution in [-0.4, -0.2) is 38.3 Å². The van der Waals surface area contributed by atoms with Crippen LogP contribution in [-0.2, 0) is 4.74 Å². The monoisotopic (exact) mass is 381 g/mol. The average molecular weight is 383 g/mol. The number of nitrogens with zero attached hydrogens (tertiary/aromatic N) is 1. The third kappa shape index (κ3) is 4.60. The average Bonchev–Trinajstić information content (AvgIpc) is 2.40. The van der Waals surface area contributed by atoms with Crippen molar-refractivity contribution in [3.63, 3.8) is 0 Å². The lowest BCUT2D eigenvalue weighted by atomic mass is 9.81. The molecule has 1 aromatic rings. The largest absolute Gasteiger partial charge is 0.381 e. The highest BCUT2D eigenvalue weighted by molar-refractivity contribution is 8.93. The van der Waals surface area contributed by atoms with Gasteiger partial charge in [-0.3, -0.25) is 0 Å². The molecule has 2 atom stereocenters. The van der Waals surface area contributed by atoms with E-state index in [1.807, 2.05) is 19.1 Å². The van der Waals surface area contributed by atoms with Gasteiger partial charge in [0.15, 0.2) is 0 Å². The quantitative estimate of drug-likeness (QED) is 0.751. The molecule has 0 saturated carbocycles. The van der Waals surface area contributed by atoms with Crippen LogP contribution >= 0.6 is 40.2 Å². The number of likely N-dealkylation sites (tertiary alicyclic amines) is 1. The molecule has 0 spiro atoms. The molecule has 2 unspecified atom stereocenters. The van der Waals surface area contributed by atoms with E-state index in [0.717, 1.165) is 32.7 Å². The van der Waals surface area contributed by atoms with Crippen molar-refractivity contribution in [2.24, 2.45) is 5.92 Å². The van der Waals surface area contributed by atoms with Gasteiger partial charge in [-0.05, 0) is 50.6 Å². The summed E-state index contributed by atoms with van der Waals surface area (Å²) in [5.74, 6) is 1.04. The first-order valence-corrected chi connectivity index (χ1v) is 7.58. The van der Waals surface area contributed by atoms with E-state index in [0.29, 0.717) is 21.9 Å². The highest BCUT2D eigenvalue weighted by Gasteiger charge is 2.29. The number of halogens is 3. The van der Waals surface area contributed by atoms with Gasteiger partial charge in [0, 0.05) is 19.1 Å². The first kappa shape index (κ1) is 18.2. The van der Waals surface area contributed by atoms with Crippen LogP contribution in [0, 0.1) is 5.92 Å². The van der Waals surface area contributed by atoms with Crippen molar-refractivity contribution in [1.29, 1.82) is 0 Å². The zero-order chi connectivity index (χ0) is 13.8. The topological polar surface area (TPSA) is 12.5 Å². The zero-order valence-electron chi connectivity index (χ0n) is 11.9. The lowest BCUT2D eigenvalue weighted by molar-refractivity contribution is 0.0628. The zero-order valence-corrected chi connectivity index (χ0v) is 15.2. The molecule has 1 heterocycles. The summed E-state index contributed by atoms with van der Waals surface area (Å²) >= 11 is 12.1. The molecule has 1 aliphatic rings. The minimum absolute atomic E-state index is 0. The van der Waals surface area contributed by atoms with E-state index >= 15 is 0 Å². The first-order valence-electron chi connectivity index (χ1n) is 6.83. The van der Waals surface area contributed by atoms with Gasteiger partial charge in [0.1, 0.15) is 0 Å². The number of ether oxygens (including phenoxy) is 1. The Morgan fingerprint density at radius 2 is 2.05 bits per heavy atom. The predicted molar refractivity (Wildman–Crippen MR) is 91.6 cm³/mol. The maximum absolute atomic E-state index is 6.14. The van der Waals surface area contributed by atoms with Crippen LogP contribution in [0.25, 0.3) is 0 Å². The summed E-state index contributed by atoms with van der Waals surface area (Å²) in [5.41, 5.74) is 1.28. The summed E-state index contributed by atoms with van der Waals surface area (Å²) in [4.78, 5) is 2.37. The van der Waals surface area contributed by atoms with Crippen molar-refractivity contribution in [3.8, 4) is 0 Å². The number of benzene rings is 1. The van der Waals surface area contributed by atoms with E-state index in [1.54, 1.807) is 0 Å². The van der Waals surface area contributed by atoms with Crippen LogP contribution in [0.2, 0.25) is 10.0 Å². The maximum atomic E-state index is 6.14. The first-order chi connectivity index (χ1) is 9.11. The van der Waals surface area contributed by atoms with Gasteiger partial charge in [0.05, 0.1) is 16.7 Å². The Kier molecular flexibility index (Phi) is 7.84. The Bertz CT molecular complexity index is 430. The summed E-state index contributed by atoms with van der Waals surface area (Å²) in [6, 6.07) is 6.01. The second-order valence-electron chi connectivity index (χ2n) is 5.25. The fraction of sp³-hybridized carbons (Fsp3) is 0.600. The lowest BCUT2D eigenvalue weighted by Gasteiger charge is -2.37. The number of piperidine rings is 1. The Balaban J connectivity index is 0.00000200. The molecule has 114 valence electrons. The number of rotatable bonds is 4. The number of hydrogen-bond donors (Lipinski definition) is 0. The van der Waals surface area contributed by atoms with Crippen LogP contribution in [0.5, 0.6) is 0 Å². The van der Waals surface area contributed by atoms with Crippen molar-refractivity contribution in [3.05, 3.63) is 33.8 Å². The van der Waals surface area contributed by atoms with Crippen molar-refractivity contribution < 1.29 is 4.74 Å². The smallest absolute Gasteiger partial charge is 0.0595 e. The van der Waals surface area contributed by atoms with Gasteiger partial charge in [-0.25, -0.2) is 0 Å². The molecule has 5 heteroatoms. The lowest BCUT2D eigenvalue weighted by Crippen LogP contribution is -2.39. The van der Waals surface area contributed by atoms with E-state index in [9.17, 15) is 0 Å². The summed E-state index contributed by atoms with van der Waals surface area (Å²) in [5, 5.41) is 1.27. The molecule has 2 rings (SSSR count). The minimum Gasteiger partial charge on any atom is -0.381 e. The molecule has 0 radical (unpaired) electrons. The van der Waals surface area contributed by atoms with Crippen molar-refractivity contribution in [2.75, 3.05) is 33.4 Å². The third-order valence-electron chi connectivity index (χ3n) is 3.84. The Labute approximate surface area is 142 Å². The van der Waals surface area contributed by atoms with Crippen molar-refractivity contribution in [1.82, 2.24) is 4.90 Å². The van der Waals surface area contributed by atoms with Gasteiger partial charge >= 0.3 is 0 Å². The summed E-state index contributed by atoms with van der Waals surface area (Å²) in [6.07, 6.45) is 1.15. The van der Waals surface area contributed by atoms with Crippen LogP contribution < -0.4 is 0 Å². The Morgan fingerprint density at radius 3 is 2.70 bits per heavy atom. The van der Waals surface area contributed by atoms with E-state index in [-0.39, 0.29) is 17.0 Å². The second kappa shape index (κ2) is 8.60. The van der Waals surface area contributed by atoms with E-state index < -0.39 is 0 Å². The van der Waals surface area contributed by atoms with Gasteiger partial charge in [-0.1, -0.05) is 29.3 Å². The van der Waals surface area contributed by atoms with Gasteiger partial charge in [0.2, 0.25) is 0 Å². The van der Waals surface area contributed by atoms with Gasteiger partial charge in [-0.2, -0.15) is 0 Å². The van der Waals surface area contributed by atoms with Crippen LogP contribution in [0.15, 0.2) is 18.2 Å². The van der Waals surface area contributed by atoms with E-state index in [2.05, 4.69) is 18.0 Å². The molecule has 1 aliphatic heterocycles. The standard InChI is InChI=1S/C15H21Cl2NO.BrH/c1-3-19-10-12-9-18(2)7-6-13(12)11-4-5-14(16)15(17)8-11;/h4-5,8,12-13H,3,6-7,9-10H2,1-2H3;1H. The predicted octanol–water partition coefficient (Wildman–Crippen LogP) is 4.64. The second-order valence-corrected chi connectivity index (χ2v) is 6.06. The fourth-order valence-corrected chi connectivity index (χ4v) is 3.14. The minimum atomic E-state index is 0. The van der Waals surface area contributed by atoms with E-state index in [4.69, 9.17) is 27.9 Å². The number of hydrogen-bond acceptors (Lipinski definition) is 2. The molecule has 1 aromatic carbocycles. The van der Waals surface area contributed by atoms with E-state index in [1.165, 1.54) is 5.56 Å². The van der Waals surface area contributed by atoms with Crippen molar-refractivity contribution >= 4 is 40.2 Å². The van der Waals surface area contributed by atoms with Crippen LogP contribution in [0.3, 0.4) is 0 Å². The molecule has 0 aliphatic carbocycles. The molecule has 0 N–H and O–H groups in total. The van der Waals surface area contributed by atoms with Crippen molar-refractivity contribution in [2.45, 2.75) is 19.3 Å². The molecule has 20 heavy (non-hydrogen) atoms. The summed E-state index contributed by atoms with van der Waals surface area (Å²) in [6.45, 7) is 5.82. The SMILES string of the molecule is Br.CCOCC1CN(C)CCC1c1ccc(Cl)c(Cl)c1. The van der Waals surface area contributed by atoms with Gasteiger partial charge in [0.25, 0.3) is 0 Å². The molecule has 0 bridgehead atoms. The van der Waals surface area contributed by atoms with Crippen LogP contribution in [0.4, 0.5) is 0 Å². The highest BCUT2D eigenvalue weighted by atomic mass is 79.9. The summed E-state index contributed by atoms with van der Waals surface area (Å²) < 4.78 is 5.64. The molecule has 0 aromatic heterocycles. The highest BCUT2D eigenvalue weighted by Crippen LogP contribution is 2.35. The van der Waals surface area contributed by atoms with Gasteiger partial charge < -0.3 is 9.64 Å². The molecule has 0 amide bonds. The third-order valence-corrected chi connectivity index (χ3v) is 4.58. The summed E-state index contributed by atoms with van der Waals surface area (Å²) in [7, 11) is 2.17. The van der Waals surface area contributed by atoms with Crippen LogP contribution in [0.1, 0.15) is 24.8 Å². The molecule has 2 nitrogen and oxygen atoms in total. The maximum Gasteiger partial charge on any atom is 0.0595 e.